The molecule has 5 heteroatoms. The Labute approximate surface area is 119 Å². The van der Waals surface area contributed by atoms with Gasteiger partial charge in [-0.15, -0.1) is 0 Å². The van der Waals surface area contributed by atoms with Crippen LogP contribution in [0.2, 0.25) is 0 Å². The molecule has 5 nitrogen and oxygen atoms in total. The molecule has 1 unspecified atom stereocenters. The highest BCUT2D eigenvalue weighted by molar-refractivity contribution is 5.84. The van der Waals surface area contributed by atoms with E-state index >= 15 is 0 Å². The SMILES string of the molecule is COCC(NC(=O)C1(COC)CCC1)c1ccccn1. The summed E-state index contributed by atoms with van der Waals surface area (Å²) in [6.07, 6.45) is 4.57. The van der Waals surface area contributed by atoms with Gasteiger partial charge in [0.05, 0.1) is 30.4 Å². The van der Waals surface area contributed by atoms with Gasteiger partial charge in [0.2, 0.25) is 5.91 Å². The maximum Gasteiger partial charge on any atom is 0.229 e. The summed E-state index contributed by atoms with van der Waals surface area (Å²) in [7, 11) is 3.26. The zero-order valence-electron chi connectivity index (χ0n) is 12.1. The molecule has 1 saturated carbocycles. The van der Waals surface area contributed by atoms with Gasteiger partial charge in [0.25, 0.3) is 0 Å². The number of carbonyl (C=O) groups excluding carboxylic acids is 1. The lowest BCUT2D eigenvalue weighted by Crippen LogP contribution is -2.50. The number of ether oxygens (including phenoxy) is 2. The van der Waals surface area contributed by atoms with Crippen molar-refractivity contribution in [1.82, 2.24) is 10.3 Å². The summed E-state index contributed by atoms with van der Waals surface area (Å²) in [5.74, 6) is 0.0401. The van der Waals surface area contributed by atoms with Gasteiger partial charge in [-0.25, -0.2) is 0 Å². The molecule has 0 spiro atoms. The van der Waals surface area contributed by atoms with E-state index in [1.54, 1.807) is 20.4 Å². The van der Waals surface area contributed by atoms with Crippen LogP contribution < -0.4 is 5.32 Å². The molecule has 0 radical (unpaired) electrons. The summed E-state index contributed by atoms with van der Waals surface area (Å²) in [5, 5.41) is 3.06. The minimum Gasteiger partial charge on any atom is -0.384 e. The van der Waals surface area contributed by atoms with E-state index in [9.17, 15) is 4.79 Å². The van der Waals surface area contributed by atoms with Crippen molar-refractivity contribution in [2.45, 2.75) is 25.3 Å². The molecule has 1 aromatic rings. The Hall–Kier alpha value is -1.46. The fourth-order valence-corrected chi connectivity index (χ4v) is 2.58. The molecule has 1 aliphatic rings. The summed E-state index contributed by atoms with van der Waals surface area (Å²) in [6.45, 7) is 0.882. The second-order valence-corrected chi connectivity index (χ2v) is 5.30. The first-order chi connectivity index (χ1) is 9.72. The molecule has 20 heavy (non-hydrogen) atoms. The Balaban J connectivity index is 2.06. The van der Waals surface area contributed by atoms with E-state index in [1.807, 2.05) is 18.2 Å². The molecule has 1 atom stereocenters. The van der Waals surface area contributed by atoms with Crippen molar-refractivity contribution < 1.29 is 14.3 Å². The molecule has 1 fully saturated rings. The molecule has 0 aromatic carbocycles. The summed E-state index contributed by atoms with van der Waals surface area (Å²) in [6, 6.07) is 5.44. The third-order valence-electron chi connectivity index (χ3n) is 3.90. The summed E-state index contributed by atoms with van der Waals surface area (Å²) in [4.78, 5) is 16.8. The number of pyridine rings is 1. The van der Waals surface area contributed by atoms with E-state index in [0.717, 1.165) is 25.0 Å². The molecular weight excluding hydrogens is 256 g/mol. The van der Waals surface area contributed by atoms with Crippen LogP contribution in [0.25, 0.3) is 0 Å². The topological polar surface area (TPSA) is 60.5 Å². The molecule has 1 aromatic heterocycles. The summed E-state index contributed by atoms with van der Waals surface area (Å²) in [5.41, 5.74) is 0.449. The first-order valence-electron chi connectivity index (χ1n) is 6.91. The second kappa shape index (κ2) is 6.81. The van der Waals surface area contributed by atoms with Crippen molar-refractivity contribution in [2.75, 3.05) is 27.4 Å². The monoisotopic (exact) mass is 278 g/mol. The van der Waals surface area contributed by atoms with Crippen molar-refractivity contribution in [3.63, 3.8) is 0 Å². The maximum absolute atomic E-state index is 12.5. The van der Waals surface area contributed by atoms with Gasteiger partial charge in [0, 0.05) is 20.4 Å². The predicted octanol–water partition coefficient (Wildman–Crippen LogP) is 1.70. The highest BCUT2D eigenvalue weighted by Gasteiger charge is 2.44. The molecule has 0 aliphatic heterocycles. The van der Waals surface area contributed by atoms with E-state index in [-0.39, 0.29) is 17.4 Å². The van der Waals surface area contributed by atoms with Crippen LogP contribution in [0.4, 0.5) is 0 Å². The average molecular weight is 278 g/mol. The minimum absolute atomic E-state index is 0.0401. The first-order valence-corrected chi connectivity index (χ1v) is 6.91. The second-order valence-electron chi connectivity index (χ2n) is 5.30. The largest absolute Gasteiger partial charge is 0.384 e. The van der Waals surface area contributed by atoms with Crippen molar-refractivity contribution in [1.29, 1.82) is 0 Å². The quantitative estimate of drug-likeness (QED) is 0.824. The molecule has 0 saturated heterocycles. The third kappa shape index (κ3) is 3.16. The van der Waals surface area contributed by atoms with Crippen molar-refractivity contribution in [2.24, 2.45) is 5.41 Å². The van der Waals surface area contributed by atoms with Crippen LogP contribution in [0.3, 0.4) is 0 Å². The standard InChI is InChI=1S/C15H22N2O3/c1-19-10-13(12-6-3-4-9-16-12)17-14(18)15(11-20-2)7-5-8-15/h3-4,6,9,13H,5,7-8,10-11H2,1-2H3,(H,17,18). The van der Waals surface area contributed by atoms with Gasteiger partial charge < -0.3 is 14.8 Å². The number of hydrogen-bond acceptors (Lipinski definition) is 4. The van der Waals surface area contributed by atoms with E-state index in [1.165, 1.54) is 0 Å². The lowest BCUT2D eigenvalue weighted by molar-refractivity contribution is -0.141. The predicted molar refractivity (Wildman–Crippen MR) is 75.2 cm³/mol. The molecule has 1 aliphatic carbocycles. The Morgan fingerprint density at radius 2 is 2.20 bits per heavy atom. The minimum atomic E-state index is -0.366. The highest BCUT2D eigenvalue weighted by Crippen LogP contribution is 2.41. The van der Waals surface area contributed by atoms with Gasteiger partial charge in [-0.2, -0.15) is 0 Å². The van der Waals surface area contributed by atoms with Gasteiger partial charge >= 0.3 is 0 Å². The number of hydrogen-bond donors (Lipinski definition) is 1. The fourth-order valence-electron chi connectivity index (χ4n) is 2.58. The van der Waals surface area contributed by atoms with Crippen LogP contribution in [0, 0.1) is 5.41 Å². The van der Waals surface area contributed by atoms with E-state index < -0.39 is 0 Å². The highest BCUT2D eigenvalue weighted by atomic mass is 16.5. The van der Waals surface area contributed by atoms with Crippen molar-refractivity contribution in [3.8, 4) is 0 Å². The number of carbonyl (C=O) groups is 1. The fraction of sp³-hybridized carbons (Fsp3) is 0.600. The summed E-state index contributed by atoms with van der Waals surface area (Å²) < 4.78 is 10.4. The zero-order chi connectivity index (χ0) is 14.4. The number of amides is 1. The number of methoxy groups -OCH3 is 2. The van der Waals surface area contributed by atoms with E-state index in [0.29, 0.717) is 13.2 Å². The lowest BCUT2D eigenvalue weighted by atomic mass is 9.68. The smallest absolute Gasteiger partial charge is 0.229 e. The van der Waals surface area contributed by atoms with Gasteiger partial charge in [-0.1, -0.05) is 12.5 Å². The third-order valence-corrected chi connectivity index (χ3v) is 3.90. The molecular formula is C15H22N2O3. The van der Waals surface area contributed by atoms with Crippen LogP contribution in [0.5, 0.6) is 0 Å². The Morgan fingerprint density at radius 3 is 2.70 bits per heavy atom. The van der Waals surface area contributed by atoms with Gasteiger partial charge in [-0.3, -0.25) is 9.78 Å². The Morgan fingerprint density at radius 1 is 1.40 bits per heavy atom. The van der Waals surface area contributed by atoms with Crippen LogP contribution in [0.1, 0.15) is 31.0 Å². The van der Waals surface area contributed by atoms with E-state index in [2.05, 4.69) is 10.3 Å². The number of nitrogens with zero attached hydrogens (tertiary/aromatic N) is 1. The van der Waals surface area contributed by atoms with Crippen LogP contribution in [-0.4, -0.2) is 38.3 Å². The molecule has 1 N–H and O–H groups in total. The molecule has 1 amide bonds. The maximum atomic E-state index is 12.5. The van der Waals surface area contributed by atoms with Crippen molar-refractivity contribution >= 4 is 5.91 Å². The number of aromatic nitrogens is 1. The van der Waals surface area contributed by atoms with Gasteiger partial charge in [0.1, 0.15) is 0 Å². The molecule has 110 valence electrons. The van der Waals surface area contributed by atoms with E-state index in [4.69, 9.17) is 9.47 Å². The lowest BCUT2D eigenvalue weighted by Gasteiger charge is -2.40. The van der Waals surface area contributed by atoms with Crippen LogP contribution in [-0.2, 0) is 14.3 Å². The first kappa shape index (κ1) is 14.9. The van der Waals surface area contributed by atoms with Crippen LogP contribution in [0.15, 0.2) is 24.4 Å². The van der Waals surface area contributed by atoms with Gasteiger partial charge in [-0.05, 0) is 25.0 Å². The summed E-state index contributed by atoms with van der Waals surface area (Å²) >= 11 is 0. The molecule has 1 heterocycles. The Kier molecular flexibility index (Phi) is 5.09. The molecule has 0 bridgehead atoms. The zero-order valence-corrected chi connectivity index (χ0v) is 12.1. The molecule has 2 rings (SSSR count). The average Bonchev–Trinajstić information content (AvgIpc) is 2.43. The van der Waals surface area contributed by atoms with Crippen LogP contribution >= 0.6 is 0 Å². The van der Waals surface area contributed by atoms with Crippen molar-refractivity contribution in [3.05, 3.63) is 30.1 Å². The normalized spacial score (nSPS) is 18.1. The Bertz CT molecular complexity index is 432. The number of rotatable bonds is 7. The van der Waals surface area contributed by atoms with Gasteiger partial charge in [0.15, 0.2) is 0 Å². The number of nitrogens with one attached hydrogen (secondary N) is 1.